The maximum absolute atomic E-state index is 10.6. The van der Waals surface area contributed by atoms with Crippen molar-refractivity contribution in [2.75, 3.05) is 20.3 Å². The molecule has 0 radical (unpaired) electrons. The Bertz CT molecular complexity index is 260. The van der Waals surface area contributed by atoms with Gasteiger partial charge in [0.05, 0.1) is 6.54 Å². The van der Waals surface area contributed by atoms with Crippen molar-refractivity contribution in [3.63, 3.8) is 0 Å². The van der Waals surface area contributed by atoms with E-state index in [0.717, 1.165) is 13.4 Å². The zero-order valence-electron chi connectivity index (χ0n) is 11.1. The summed E-state index contributed by atoms with van der Waals surface area (Å²) < 4.78 is 4.70. The van der Waals surface area contributed by atoms with Crippen LogP contribution in [0.5, 0.6) is 0 Å². The van der Waals surface area contributed by atoms with Gasteiger partial charge in [0.25, 0.3) is 0 Å². The first-order valence-corrected chi connectivity index (χ1v) is 5.33. The normalized spacial score (nSPS) is 8.22. The molecule has 5 heteroatoms. The lowest BCUT2D eigenvalue weighted by atomic mass is 10.3. The number of allylic oxidation sites excluding steroid dienone is 2. The first kappa shape index (κ1) is 21.6. The van der Waals surface area contributed by atoms with Gasteiger partial charge in [-0.2, -0.15) is 0 Å². The highest BCUT2D eigenvalue weighted by Crippen LogP contribution is 1.94. The van der Waals surface area contributed by atoms with Crippen LogP contribution in [0.2, 0.25) is 0 Å². The average Bonchev–Trinajstić information content (AvgIpc) is 2.44. The Hall–Kier alpha value is -1.72. The predicted molar refractivity (Wildman–Crippen MR) is 73.0 cm³/mol. The lowest BCUT2D eigenvalue weighted by molar-refractivity contribution is -0.140. The Morgan fingerprint density at radius 2 is 1.94 bits per heavy atom. The molecule has 104 valence electrons. The lowest BCUT2D eigenvalue weighted by Gasteiger charge is -2.01. The monoisotopic (exact) mass is 257 g/mol. The summed E-state index contributed by atoms with van der Waals surface area (Å²) in [5, 5.41) is 7.00. The maximum Gasteiger partial charge on any atom is 0.320 e. The van der Waals surface area contributed by atoms with Gasteiger partial charge in [0.1, 0.15) is 12.9 Å². The first-order valence-electron chi connectivity index (χ1n) is 5.33. The number of aldehydes is 1. The second-order valence-corrected chi connectivity index (χ2v) is 2.69. The minimum absolute atomic E-state index is 0.0988. The van der Waals surface area contributed by atoms with E-state index in [9.17, 15) is 9.59 Å². The molecule has 0 saturated carbocycles. The SMILES string of the molecule is C=C/C=C\C(=C)COC(=O)CN.CCC=O.CO. The molecule has 18 heavy (non-hydrogen) atoms. The van der Waals surface area contributed by atoms with E-state index in [-0.39, 0.29) is 13.2 Å². The van der Waals surface area contributed by atoms with Gasteiger partial charge in [0.15, 0.2) is 0 Å². The Balaban J connectivity index is -0.000000317. The number of carbonyl (C=O) groups excluding carboxylic acids is 2. The summed E-state index contributed by atoms with van der Waals surface area (Å²) in [6.45, 7) is 9.03. The number of nitrogens with two attached hydrogens (primary N) is 1. The number of aliphatic hydroxyl groups excluding tert-OH is 1. The molecular weight excluding hydrogens is 234 g/mol. The third-order valence-corrected chi connectivity index (χ3v) is 1.22. The van der Waals surface area contributed by atoms with E-state index < -0.39 is 5.97 Å². The average molecular weight is 257 g/mol. The van der Waals surface area contributed by atoms with E-state index in [1.54, 1.807) is 18.2 Å². The number of carbonyl (C=O) groups is 2. The number of hydrogen-bond donors (Lipinski definition) is 2. The Labute approximate surface area is 109 Å². The minimum atomic E-state index is -0.428. The lowest BCUT2D eigenvalue weighted by Crippen LogP contribution is -2.17. The summed E-state index contributed by atoms with van der Waals surface area (Å²) in [4.78, 5) is 19.7. The van der Waals surface area contributed by atoms with Gasteiger partial charge in [-0.1, -0.05) is 38.3 Å². The summed E-state index contributed by atoms with van der Waals surface area (Å²) in [7, 11) is 1.00. The van der Waals surface area contributed by atoms with Crippen LogP contribution in [0.15, 0.2) is 37.0 Å². The number of rotatable bonds is 6. The van der Waals surface area contributed by atoms with Crippen LogP contribution < -0.4 is 5.73 Å². The van der Waals surface area contributed by atoms with Crippen molar-refractivity contribution in [2.45, 2.75) is 13.3 Å². The molecule has 0 aromatic carbocycles. The number of hydrogen-bond acceptors (Lipinski definition) is 5. The van der Waals surface area contributed by atoms with Crippen molar-refractivity contribution < 1.29 is 19.4 Å². The fourth-order valence-electron chi connectivity index (χ4n) is 0.484. The van der Waals surface area contributed by atoms with Crippen molar-refractivity contribution in [3.8, 4) is 0 Å². The number of ether oxygens (including phenoxy) is 1. The van der Waals surface area contributed by atoms with E-state index >= 15 is 0 Å². The van der Waals surface area contributed by atoms with E-state index in [1.165, 1.54) is 0 Å². The molecule has 3 N–H and O–H groups in total. The summed E-state index contributed by atoms with van der Waals surface area (Å²) in [5.41, 5.74) is 5.73. The standard InChI is InChI=1S/C9H13NO2.C3H6O.CH4O/c1-3-4-5-8(2)7-12-9(11)6-10;1-2-3-4;1-2/h3-5H,1-2,6-7,10H2;3H,2H2,1H3;2H,1H3/b5-4-;;. The predicted octanol–water partition coefficient (Wildman–Crippen LogP) is 0.990. The molecule has 0 heterocycles. The van der Waals surface area contributed by atoms with Gasteiger partial charge in [0, 0.05) is 13.5 Å². The van der Waals surface area contributed by atoms with Crippen LogP contribution in [-0.4, -0.2) is 37.6 Å². The molecule has 0 rings (SSSR count). The van der Waals surface area contributed by atoms with Crippen LogP contribution >= 0.6 is 0 Å². The minimum Gasteiger partial charge on any atom is -0.460 e. The molecule has 0 aliphatic rings. The van der Waals surface area contributed by atoms with E-state index in [1.807, 2.05) is 6.92 Å². The van der Waals surface area contributed by atoms with Gasteiger partial charge >= 0.3 is 5.97 Å². The zero-order valence-corrected chi connectivity index (χ0v) is 11.1. The van der Waals surface area contributed by atoms with E-state index in [4.69, 9.17) is 15.6 Å². The summed E-state index contributed by atoms with van der Waals surface area (Å²) in [6, 6.07) is 0. The highest BCUT2D eigenvalue weighted by atomic mass is 16.5. The summed E-state index contributed by atoms with van der Waals surface area (Å²) in [5.74, 6) is -0.428. The molecule has 0 saturated heterocycles. The Kier molecular flexibility index (Phi) is 24.7. The van der Waals surface area contributed by atoms with E-state index in [0.29, 0.717) is 12.0 Å². The van der Waals surface area contributed by atoms with Crippen LogP contribution in [0.4, 0.5) is 0 Å². The number of esters is 1. The van der Waals surface area contributed by atoms with Gasteiger partial charge in [0.2, 0.25) is 0 Å². The Morgan fingerprint density at radius 3 is 2.28 bits per heavy atom. The van der Waals surface area contributed by atoms with Crippen LogP contribution in [-0.2, 0) is 14.3 Å². The van der Waals surface area contributed by atoms with Gasteiger partial charge < -0.3 is 20.4 Å². The van der Waals surface area contributed by atoms with Crippen LogP contribution in [0, 0.1) is 0 Å². The Morgan fingerprint density at radius 1 is 1.44 bits per heavy atom. The highest BCUT2D eigenvalue weighted by molar-refractivity contribution is 5.71. The fraction of sp³-hybridized carbons (Fsp3) is 0.385. The maximum atomic E-state index is 10.6. The molecule has 0 atom stereocenters. The quantitative estimate of drug-likeness (QED) is 0.421. The van der Waals surface area contributed by atoms with Crippen LogP contribution in [0.1, 0.15) is 13.3 Å². The van der Waals surface area contributed by atoms with Crippen LogP contribution in [0.3, 0.4) is 0 Å². The second kappa shape index (κ2) is 20.7. The van der Waals surface area contributed by atoms with Crippen molar-refractivity contribution >= 4 is 12.3 Å². The summed E-state index contributed by atoms with van der Waals surface area (Å²) in [6.07, 6.45) is 6.57. The van der Waals surface area contributed by atoms with Gasteiger partial charge in [-0.25, -0.2) is 0 Å². The molecule has 0 spiro atoms. The smallest absolute Gasteiger partial charge is 0.320 e. The second-order valence-electron chi connectivity index (χ2n) is 2.69. The molecule has 0 aromatic rings. The van der Waals surface area contributed by atoms with Crippen molar-refractivity contribution in [2.24, 2.45) is 5.73 Å². The van der Waals surface area contributed by atoms with Gasteiger partial charge in [-0.05, 0) is 5.57 Å². The largest absolute Gasteiger partial charge is 0.460 e. The third-order valence-electron chi connectivity index (χ3n) is 1.22. The first-order chi connectivity index (χ1) is 8.62. The molecule has 0 bridgehead atoms. The van der Waals surface area contributed by atoms with Gasteiger partial charge in [-0.15, -0.1) is 0 Å². The molecule has 5 nitrogen and oxygen atoms in total. The zero-order chi connectivity index (χ0) is 14.8. The highest BCUT2D eigenvalue weighted by Gasteiger charge is 1.97. The van der Waals surface area contributed by atoms with Crippen LogP contribution in [0.25, 0.3) is 0 Å². The topological polar surface area (TPSA) is 89.6 Å². The number of aliphatic hydroxyl groups is 1. The molecule has 0 aliphatic carbocycles. The summed E-state index contributed by atoms with van der Waals surface area (Å²) >= 11 is 0. The van der Waals surface area contributed by atoms with Crippen molar-refractivity contribution in [1.29, 1.82) is 0 Å². The van der Waals surface area contributed by atoms with Crippen molar-refractivity contribution in [1.82, 2.24) is 0 Å². The molecule has 0 unspecified atom stereocenters. The van der Waals surface area contributed by atoms with Gasteiger partial charge in [-0.3, -0.25) is 4.79 Å². The fourth-order valence-corrected chi connectivity index (χ4v) is 0.484. The van der Waals surface area contributed by atoms with Crippen molar-refractivity contribution in [3.05, 3.63) is 37.0 Å². The third kappa shape index (κ3) is 23.8. The molecule has 0 aliphatic heterocycles. The molecule has 0 aromatic heterocycles. The molecule has 0 amide bonds. The molecule has 0 fully saturated rings. The molecular formula is C13H23NO4. The van der Waals surface area contributed by atoms with E-state index in [2.05, 4.69) is 13.2 Å².